The number of hydrogen-bond donors (Lipinski definition) is 1. The van der Waals surface area contributed by atoms with Crippen molar-refractivity contribution in [3.05, 3.63) is 30.1 Å². The summed E-state index contributed by atoms with van der Waals surface area (Å²) in [5.74, 6) is 1.02. The van der Waals surface area contributed by atoms with Crippen molar-refractivity contribution in [3.8, 4) is 11.5 Å². The van der Waals surface area contributed by atoms with E-state index in [0.717, 1.165) is 19.6 Å². The van der Waals surface area contributed by atoms with Crippen molar-refractivity contribution < 1.29 is 12.9 Å². The number of piperazine rings is 1. The molecule has 1 atom stereocenters. The Morgan fingerprint density at radius 1 is 1.30 bits per heavy atom. The average molecular weight is 416 g/mol. The Balaban J connectivity index is 0.00000261. The molecule has 1 aromatic carbocycles. The number of sulfonamides is 1. The second-order valence-corrected chi connectivity index (χ2v) is 8.80. The third kappa shape index (κ3) is 4.49. The van der Waals surface area contributed by atoms with Gasteiger partial charge in [0.2, 0.25) is 10.0 Å². The Morgan fingerprint density at radius 2 is 1.96 bits per heavy atom. The lowest BCUT2D eigenvalue weighted by Gasteiger charge is -2.30. The van der Waals surface area contributed by atoms with Gasteiger partial charge in [0.25, 0.3) is 5.89 Å². The van der Waals surface area contributed by atoms with Crippen LogP contribution in [0.1, 0.15) is 25.7 Å². The van der Waals surface area contributed by atoms with Crippen molar-refractivity contribution >= 4 is 22.4 Å². The molecule has 3 rings (SSSR count). The average Bonchev–Trinajstić information content (AvgIpc) is 3.11. The van der Waals surface area contributed by atoms with E-state index in [9.17, 15) is 8.42 Å². The van der Waals surface area contributed by atoms with Crippen LogP contribution in [-0.2, 0) is 10.0 Å². The van der Waals surface area contributed by atoms with Gasteiger partial charge >= 0.3 is 0 Å². The maximum absolute atomic E-state index is 12.5. The molecule has 27 heavy (non-hydrogen) atoms. The van der Waals surface area contributed by atoms with Gasteiger partial charge in [0.15, 0.2) is 5.82 Å². The van der Waals surface area contributed by atoms with E-state index in [-0.39, 0.29) is 29.4 Å². The van der Waals surface area contributed by atoms with Crippen LogP contribution in [0.5, 0.6) is 0 Å². The largest absolute Gasteiger partial charge is 0.334 e. The predicted molar refractivity (Wildman–Crippen MR) is 105 cm³/mol. The number of aromatic nitrogens is 2. The molecule has 0 spiro atoms. The lowest BCUT2D eigenvalue weighted by molar-refractivity contribution is 0.190. The molecule has 10 heteroatoms. The molecule has 8 nitrogen and oxygen atoms in total. The summed E-state index contributed by atoms with van der Waals surface area (Å²) in [4.78, 5) is 6.92. The van der Waals surface area contributed by atoms with E-state index in [1.807, 2.05) is 20.9 Å². The van der Waals surface area contributed by atoms with Gasteiger partial charge in [-0.05, 0) is 45.2 Å². The van der Waals surface area contributed by atoms with Crippen molar-refractivity contribution in [3.63, 3.8) is 0 Å². The minimum Gasteiger partial charge on any atom is -0.334 e. The van der Waals surface area contributed by atoms with Gasteiger partial charge in [0, 0.05) is 38.3 Å². The fourth-order valence-corrected chi connectivity index (χ4v) is 4.16. The zero-order chi connectivity index (χ0) is 18.9. The van der Waals surface area contributed by atoms with Crippen LogP contribution in [0.25, 0.3) is 11.5 Å². The first-order valence-electron chi connectivity index (χ1n) is 8.63. The van der Waals surface area contributed by atoms with Gasteiger partial charge in [0.1, 0.15) is 0 Å². The number of nitrogens with zero attached hydrogens (tertiary/aromatic N) is 4. The standard InChI is InChI=1S/C17H25N5O3S.ClH/c1-12(2)22(4)26(23,24)14-7-5-13(6-8-14)17-19-16(20-25-17)15-11-18-9-10-21(15)3;/h5-8,12,15,18H,9-11H2,1-4H3;1H. The van der Waals surface area contributed by atoms with E-state index in [0.29, 0.717) is 17.3 Å². The monoisotopic (exact) mass is 415 g/mol. The molecule has 1 aliphatic heterocycles. The highest BCUT2D eigenvalue weighted by Crippen LogP contribution is 2.25. The molecule has 2 heterocycles. The summed E-state index contributed by atoms with van der Waals surface area (Å²) in [7, 11) is 0.106. The van der Waals surface area contributed by atoms with Gasteiger partial charge < -0.3 is 9.84 Å². The van der Waals surface area contributed by atoms with Crippen molar-refractivity contribution in [1.29, 1.82) is 0 Å². The maximum atomic E-state index is 12.5. The molecule has 1 saturated heterocycles. The SMILES string of the molecule is CC(C)N(C)S(=O)(=O)c1ccc(-c2nc(C3CNCCN3C)no2)cc1.Cl. The number of rotatable bonds is 5. The van der Waals surface area contributed by atoms with Crippen LogP contribution >= 0.6 is 12.4 Å². The van der Waals surface area contributed by atoms with Gasteiger partial charge in [-0.15, -0.1) is 12.4 Å². The summed E-state index contributed by atoms with van der Waals surface area (Å²) in [6, 6.07) is 6.49. The van der Waals surface area contributed by atoms with Crippen molar-refractivity contribution in [2.24, 2.45) is 0 Å². The number of hydrogen-bond acceptors (Lipinski definition) is 7. The highest BCUT2D eigenvalue weighted by Gasteiger charge is 2.26. The van der Waals surface area contributed by atoms with E-state index in [1.165, 1.54) is 4.31 Å². The predicted octanol–water partition coefficient (Wildman–Crippen LogP) is 1.76. The molecule has 0 bridgehead atoms. The van der Waals surface area contributed by atoms with E-state index >= 15 is 0 Å². The van der Waals surface area contributed by atoms with Gasteiger partial charge in [-0.1, -0.05) is 5.16 Å². The first kappa shape index (κ1) is 21.8. The third-order valence-corrected chi connectivity index (χ3v) is 6.80. The molecule has 1 aromatic heterocycles. The van der Waals surface area contributed by atoms with Crippen molar-refractivity contribution in [2.75, 3.05) is 33.7 Å². The lowest BCUT2D eigenvalue weighted by atomic mass is 10.2. The number of halogens is 1. The summed E-state index contributed by atoms with van der Waals surface area (Å²) in [5, 5.41) is 7.42. The summed E-state index contributed by atoms with van der Waals surface area (Å²) in [6.07, 6.45) is 0. The molecule has 0 amide bonds. The summed E-state index contributed by atoms with van der Waals surface area (Å²) in [5.41, 5.74) is 0.696. The van der Waals surface area contributed by atoms with E-state index in [2.05, 4.69) is 20.4 Å². The van der Waals surface area contributed by atoms with Gasteiger partial charge in [0.05, 0.1) is 10.9 Å². The van der Waals surface area contributed by atoms with E-state index in [1.54, 1.807) is 31.3 Å². The molecular weight excluding hydrogens is 390 g/mol. The number of benzene rings is 1. The van der Waals surface area contributed by atoms with Crippen LogP contribution in [0.4, 0.5) is 0 Å². The van der Waals surface area contributed by atoms with Crippen LogP contribution in [0.15, 0.2) is 33.7 Å². The zero-order valence-electron chi connectivity index (χ0n) is 15.9. The van der Waals surface area contributed by atoms with Crippen LogP contribution in [0, 0.1) is 0 Å². The summed E-state index contributed by atoms with van der Waals surface area (Å²) < 4.78 is 31.8. The normalized spacial score (nSPS) is 18.7. The summed E-state index contributed by atoms with van der Waals surface area (Å²) in [6.45, 7) is 6.31. The molecule has 150 valence electrons. The summed E-state index contributed by atoms with van der Waals surface area (Å²) >= 11 is 0. The Morgan fingerprint density at radius 3 is 2.56 bits per heavy atom. The Kier molecular flexibility index (Phi) is 6.98. The molecule has 1 aliphatic rings. The van der Waals surface area contributed by atoms with Crippen LogP contribution in [-0.4, -0.2) is 67.5 Å². The maximum Gasteiger partial charge on any atom is 0.257 e. The molecular formula is C17H26ClN5O3S. The fourth-order valence-electron chi connectivity index (χ4n) is 2.80. The quantitative estimate of drug-likeness (QED) is 0.795. The van der Waals surface area contributed by atoms with Crippen molar-refractivity contribution in [2.45, 2.75) is 30.8 Å². The Hall–Kier alpha value is -1.52. The number of likely N-dealkylation sites (N-methyl/N-ethyl adjacent to an activating group) is 1. The van der Waals surface area contributed by atoms with E-state index < -0.39 is 10.0 Å². The molecule has 0 saturated carbocycles. The first-order valence-corrected chi connectivity index (χ1v) is 10.1. The minimum absolute atomic E-state index is 0. The van der Waals surface area contributed by atoms with E-state index in [4.69, 9.17) is 4.52 Å². The van der Waals surface area contributed by atoms with Gasteiger partial charge in [-0.2, -0.15) is 9.29 Å². The highest BCUT2D eigenvalue weighted by atomic mass is 35.5. The molecule has 1 unspecified atom stereocenters. The third-order valence-electron chi connectivity index (χ3n) is 4.76. The molecule has 1 N–H and O–H groups in total. The van der Waals surface area contributed by atoms with Crippen LogP contribution in [0.3, 0.4) is 0 Å². The Labute approximate surface area is 166 Å². The van der Waals surface area contributed by atoms with Crippen molar-refractivity contribution in [1.82, 2.24) is 24.7 Å². The minimum atomic E-state index is -3.50. The first-order chi connectivity index (χ1) is 12.3. The molecule has 1 fully saturated rings. The number of nitrogens with one attached hydrogen (secondary N) is 1. The topological polar surface area (TPSA) is 91.6 Å². The van der Waals surface area contributed by atoms with Crippen LogP contribution < -0.4 is 5.32 Å². The zero-order valence-corrected chi connectivity index (χ0v) is 17.5. The molecule has 0 aliphatic carbocycles. The van der Waals surface area contributed by atoms with Gasteiger partial charge in [-0.25, -0.2) is 8.42 Å². The Bertz CT molecular complexity index is 854. The molecule has 0 radical (unpaired) electrons. The fraction of sp³-hybridized carbons (Fsp3) is 0.529. The lowest BCUT2D eigenvalue weighted by Crippen LogP contribution is -2.44. The highest BCUT2D eigenvalue weighted by molar-refractivity contribution is 7.89. The van der Waals surface area contributed by atoms with Crippen LogP contribution in [0.2, 0.25) is 0 Å². The second kappa shape index (κ2) is 8.66. The van der Waals surface area contributed by atoms with Gasteiger partial charge in [-0.3, -0.25) is 4.90 Å². The smallest absolute Gasteiger partial charge is 0.257 e. The second-order valence-electron chi connectivity index (χ2n) is 6.80. The molecule has 2 aromatic rings.